The summed E-state index contributed by atoms with van der Waals surface area (Å²) in [5, 5.41) is 2.51. The van der Waals surface area contributed by atoms with Crippen LogP contribution in [0.2, 0.25) is 0 Å². The fourth-order valence-electron chi connectivity index (χ4n) is 1.21. The van der Waals surface area contributed by atoms with Crippen LogP contribution in [0.4, 0.5) is 0 Å². The Morgan fingerprint density at radius 3 is 2.27 bits per heavy atom. The van der Waals surface area contributed by atoms with Crippen LogP contribution >= 0.6 is 0 Å². The third-order valence-electron chi connectivity index (χ3n) is 2.29. The minimum atomic E-state index is -0.786. The number of nitrogens with one attached hydrogen (secondary N) is 1. The van der Waals surface area contributed by atoms with E-state index in [1.165, 1.54) is 0 Å². The van der Waals surface area contributed by atoms with E-state index in [-0.39, 0.29) is 24.7 Å². The van der Waals surface area contributed by atoms with Gasteiger partial charge in [0.25, 0.3) is 0 Å². The number of carbonyl (C=O) groups is 3. The highest BCUT2D eigenvalue weighted by atomic mass is 16.2. The lowest BCUT2D eigenvalue weighted by Crippen LogP contribution is -2.45. The smallest absolute Gasteiger partial charge is 0.240 e. The van der Waals surface area contributed by atoms with E-state index < -0.39 is 17.9 Å². The molecule has 0 aliphatic heterocycles. The van der Waals surface area contributed by atoms with Crippen molar-refractivity contribution in [3.05, 3.63) is 0 Å². The lowest BCUT2D eigenvalue weighted by Gasteiger charge is -2.14. The van der Waals surface area contributed by atoms with Crippen LogP contribution < -0.4 is 16.8 Å². The lowest BCUT2D eigenvalue weighted by molar-refractivity contribution is -0.128. The summed E-state index contributed by atoms with van der Waals surface area (Å²) in [6.07, 6.45) is 1.92. The molecule has 0 aromatic carbocycles. The first-order valence-corrected chi connectivity index (χ1v) is 4.88. The Balaban J connectivity index is 2.38. The summed E-state index contributed by atoms with van der Waals surface area (Å²) in [6, 6.07) is -0.786. The second-order valence-corrected chi connectivity index (χ2v) is 3.74. The fourth-order valence-corrected chi connectivity index (χ4v) is 1.21. The molecule has 1 atom stereocenters. The fraction of sp³-hybridized carbons (Fsp3) is 0.667. The largest absolute Gasteiger partial charge is 0.370 e. The number of hydrogen-bond acceptors (Lipinski definition) is 3. The number of amides is 3. The summed E-state index contributed by atoms with van der Waals surface area (Å²) in [7, 11) is 0. The van der Waals surface area contributed by atoms with E-state index in [0.717, 1.165) is 12.8 Å². The van der Waals surface area contributed by atoms with Gasteiger partial charge < -0.3 is 16.8 Å². The van der Waals surface area contributed by atoms with Crippen molar-refractivity contribution >= 4 is 17.7 Å². The first-order valence-electron chi connectivity index (χ1n) is 4.88. The molecule has 6 nitrogen and oxygen atoms in total. The molecular weight excluding hydrogens is 198 g/mol. The van der Waals surface area contributed by atoms with Gasteiger partial charge in [0.05, 0.1) is 0 Å². The van der Waals surface area contributed by atoms with Crippen molar-refractivity contribution in [2.75, 3.05) is 0 Å². The molecule has 84 valence electrons. The second kappa shape index (κ2) is 4.77. The standard InChI is InChI=1S/C9H15N3O3/c10-7(13)4-3-6(8(11)14)12-9(15)5-1-2-5/h5-6H,1-4H2,(H2,10,13)(H2,11,14)(H,12,15)/t6-/m1/s1. The van der Waals surface area contributed by atoms with E-state index in [1.807, 2.05) is 0 Å². The molecule has 15 heavy (non-hydrogen) atoms. The first kappa shape index (κ1) is 11.5. The van der Waals surface area contributed by atoms with Crippen molar-refractivity contribution in [2.24, 2.45) is 17.4 Å². The normalized spacial score (nSPS) is 16.8. The van der Waals surface area contributed by atoms with Gasteiger partial charge in [0.15, 0.2) is 0 Å². The van der Waals surface area contributed by atoms with Crippen LogP contribution in [0.15, 0.2) is 0 Å². The highest BCUT2D eigenvalue weighted by Gasteiger charge is 2.31. The predicted octanol–water partition coefficient (Wildman–Crippen LogP) is -1.37. The van der Waals surface area contributed by atoms with Gasteiger partial charge in [-0.05, 0) is 19.3 Å². The maximum Gasteiger partial charge on any atom is 0.240 e. The Morgan fingerprint density at radius 1 is 1.27 bits per heavy atom. The predicted molar refractivity (Wildman–Crippen MR) is 52.3 cm³/mol. The van der Waals surface area contributed by atoms with Crippen LogP contribution in [0, 0.1) is 5.92 Å². The Morgan fingerprint density at radius 2 is 1.87 bits per heavy atom. The van der Waals surface area contributed by atoms with Gasteiger partial charge in [-0.25, -0.2) is 0 Å². The average molecular weight is 213 g/mol. The zero-order chi connectivity index (χ0) is 11.4. The Kier molecular flexibility index (Phi) is 3.65. The zero-order valence-electron chi connectivity index (χ0n) is 8.36. The summed E-state index contributed by atoms with van der Waals surface area (Å²) in [4.78, 5) is 32.8. The van der Waals surface area contributed by atoms with Crippen molar-refractivity contribution in [1.82, 2.24) is 5.32 Å². The molecule has 0 unspecified atom stereocenters. The van der Waals surface area contributed by atoms with Gasteiger partial charge in [-0.15, -0.1) is 0 Å². The molecular formula is C9H15N3O3. The Labute approximate surface area is 87.4 Å². The summed E-state index contributed by atoms with van der Waals surface area (Å²) < 4.78 is 0. The molecule has 0 heterocycles. The molecule has 1 aliphatic rings. The summed E-state index contributed by atoms with van der Waals surface area (Å²) in [5.41, 5.74) is 10.0. The van der Waals surface area contributed by atoms with Crippen LogP contribution in [0.1, 0.15) is 25.7 Å². The van der Waals surface area contributed by atoms with E-state index in [0.29, 0.717) is 0 Å². The zero-order valence-corrected chi connectivity index (χ0v) is 8.36. The number of carbonyl (C=O) groups excluding carboxylic acids is 3. The van der Waals surface area contributed by atoms with Gasteiger partial charge in [0, 0.05) is 12.3 Å². The van der Waals surface area contributed by atoms with E-state index >= 15 is 0 Å². The number of primary amides is 2. The SMILES string of the molecule is NC(=O)CC[C@@H](NC(=O)C1CC1)C(N)=O. The molecule has 6 heteroatoms. The lowest BCUT2D eigenvalue weighted by atomic mass is 10.1. The second-order valence-electron chi connectivity index (χ2n) is 3.74. The summed E-state index contributed by atoms with van der Waals surface area (Å²) in [5.74, 6) is -1.30. The Bertz CT molecular complexity index is 286. The molecule has 1 rings (SSSR count). The molecule has 0 aromatic rings. The summed E-state index contributed by atoms with van der Waals surface area (Å²) in [6.45, 7) is 0. The van der Waals surface area contributed by atoms with Crippen molar-refractivity contribution in [1.29, 1.82) is 0 Å². The maximum atomic E-state index is 11.3. The van der Waals surface area contributed by atoms with Crippen molar-refractivity contribution < 1.29 is 14.4 Å². The summed E-state index contributed by atoms with van der Waals surface area (Å²) >= 11 is 0. The van der Waals surface area contributed by atoms with Crippen LogP contribution in [-0.2, 0) is 14.4 Å². The van der Waals surface area contributed by atoms with E-state index in [1.54, 1.807) is 0 Å². The molecule has 1 saturated carbocycles. The molecule has 5 N–H and O–H groups in total. The van der Waals surface area contributed by atoms with Gasteiger partial charge in [-0.2, -0.15) is 0 Å². The Hall–Kier alpha value is -1.59. The molecule has 0 spiro atoms. The van der Waals surface area contributed by atoms with Gasteiger partial charge in [0.1, 0.15) is 6.04 Å². The molecule has 0 saturated heterocycles. The molecule has 0 aromatic heterocycles. The molecule has 0 bridgehead atoms. The number of nitrogens with two attached hydrogens (primary N) is 2. The maximum absolute atomic E-state index is 11.3. The third kappa shape index (κ3) is 3.97. The quantitative estimate of drug-likeness (QED) is 0.505. The minimum Gasteiger partial charge on any atom is -0.370 e. The molecule has 3 amide bonds. The number of rotatable bonds is 6. The topological polar surface area (TPSA) is 115 Å². The van der Waals surface area contributed by atoms with Gasteiger partial charge in [-0.1, -0.05) is 0 Å². The highest BCUT2D eigenvalue weighted by Crippen LogP contribution is 2.28. The van der Waals surface area contributed by atoms with E-state index in [2.05, 4.69) is 5.32 Å². The molecule has 1 fully saturated rings. The van der Waals surface area contributed by atoms with E-state index in [9.17, 15) is 14.4 Å². The highest BCUT2D eigenvalue weighted by molar-refractivity contribution is 5.88. The van der Waals surface area contributed by atoms with Crippen molar-refractivity contribution in [3.8, 4) is 0 Å². The van der Waals surface area contributed by atoms with Crippen LogP contribution in [0.5, 0.6) is 0 Å². The minimum absolute atomic E-state index is 0.0143. The van der Waals surface area contributed by atoms with Gasteiger partial charge >= 0.3 is 0 Å². The van der Waals surface area contributed by atoms with E-state index in [4.69, 9.17) is 11.5 Å². The van der Waals surface area contributed by atoms with Gasteiger partial charge in [0.2, 0.25) is 17.7 Å². The van der Waals surface area contributed by atoms with Crippen molar-refractivity contribution in [3.63, 3.8) is 0 Å². The molecule has 1 aliphatic carbocycles. The third-order valence-corrected chi connectivity index (χ3v) is 2.29. The average Bonchev–Trinajstić information content (AvgIpc) is 2.93. The number of hydrogen-bond donors (Lipinski definition) is 3. The van der Waals surface area contributed by atoms with Crippen LogP contribution in [-0.4, -0.2) is 23.8 Å². The first-order chi connectivity index (χ1) is 7.00. The van der Waals surface area contributed by atoms with Gasteiger partial charge in [-0.3, -0.25) is 14.4 Å². The van der Waals surface area contributed by atoms with Crippen LogP contribution in [0.3, 0.4) is 0 Å². The van der Waals surface area contributed by atoms with Crippen molar-refractivity contribution in [2.45, 2.75) is 31.7 Å². The monoisotopic (exact) mass is 213 g/mol. The molecule has 0 radical (unpaired) electrons. The van der Waals surface area contributed by atoms with Crippen LogP contribution in [0.25, 0.3) is 0 Å².